The Balaban J connectivity index is 1.84. The Labute approximate surface area is 81.3 Å². The first-order valence-corrected chi connectivity index (χ1v) is 5.32. The van der Waals surface area contributed by atoms with Crippen molar-refractivity contribution in [2.75, 3.05) is 6.54 Å². The minimum atomic E-state index is 1.08. The fourth-order valence-corrected chi connectivity index (χ4v) is 1.44. The molecule has 0 atom stereocenters. The molecule has 0 spiro atoms. The van der Waals surface area contributed by atoms with Gasteiger partial charge in [-0.3, -0.25) is 0 Å². The van der Waals surface area contributed by atoms with Gasteiger partial charge in [0, 0.05) is 0 Å². The van der Waals surface area contributed by atoms with Gasteiger partial charge in [-0.15, -0.1) is 0 Å². The monoisotopic (exact) mass is 179 g/mol. The second kappa shape index (κ2) is 6.62. The lowest BCUT2D eigenvalue weighted by atomic mass is 10.1. The van der Waals surface area contributed by atoms with Crippen LogP contribution in [0.2, 0.25) is 0 Å². The first-order chi connectivity index (χ1) is 6.43. The van der Waals surface area contributed by atoms with E-state index in [-0.39, 0.29) is 0 Å². The van der Waals surface area contributed by atoms with Crippen LogP contribution in [0.5, 0.6) is 0 Å². The zero-order chi connectivity index (χ0) is 9.36. The molecule has 0 amide bonds. The summed E-state index contributed by atoms with van der Waals surface area (Å²) in [5.74, 6) is 0. The molecule has 0 bridgehead atoms. The van der Waals surface area contributed by atoms with Gasteiger partial charge in [-0.25, -0.2) is 0 Å². The molecule has 0 aromatic rings. The summed E-state index contributed by atoms with van der Waals surface area (Å²) < 4.78 is 0. The molecular weight excluding hydrogens is 160 g/mol. The molecule has 1 rings (SSSR count). The van der Waals surface area contributed by atoms with Crippen LogP contribution in [0.15, 0.2) is 17.4 Å². The number of unbranched alkanes of at least 4 members (excludes halogenated alkanes) is 5. The molecule has 13 heavy (non-hydrogen) atoms. The lowest BCUT2D eigenvalue weighted by Crippen LogP contribution is -2.13. The summed E-state index contributed by atoms with van der Waals surface area (Å²) in [7, 11) is 0. The average Bonchev–Trinajstić information content (AvgIpc) is 2.63. The number of hydrogen-bond acceptors (Lipinski definition) is 2. The molecule has 0 fully saturated rings. The van der Waals surface area contributed by atoms with Crippen LogP contribution in [0.4, 0.5) is 0 Å². The van der Waals surface area contributed by atoms with E-state index in [1.807, 2.05) is 11.1 Å². The van der Waals surface area contributed by atoms with E-state index < -0.39 is 0 Å². The van der Waals surface area contributed by atoms with Gasteiger partial charge in [-0.05, 0) is 11.4 Å². The van der Waals surface area contributed by atoms with Crippen molar-refractivity contribution in [3.8, 4) is 0 Å². The molecule has 2 nitrogen and oxygen atoms in total. The Morgan fingerprint density at radius 1 is 1.15 bits per heavy atom. The molecule has 0 unspecified atom stereocenters. The van der Waals surface area contributed by atoms with Gasteiger partial charge in [0.15, 0.2) is 6.20 Å². The molecule has 0 aromatic heterocycles. The Bertz CT molecular complexity index is 161. The van der Waals surface area contributed by atoms with E-state index in [1.165, 1.54) is 38.5 Å². The zero-order valence-electron chi connectivity index (χ0n) is 8.50. The minimum absolute atomic E-state index is 1.08. The van der Waals surface area contributed by atoms with Crippen molar-refractivity contribution in [1.29, 1.82) is 0 Å². The fraction of sp³-hybridized carbons (Fsp3) is 0.727. The van der Waals surface area contributed by atoms with Crippen molar-refractivity contribution in [2.24, 2.45) is 4.99 Å². The van der Waals surface area contributed by atoms with E-state index in [4.69, 9.17) is 0 Å². The van der Waals surface area contributed by atoms with Crippen LogP contribution in [0.3, 0.4) is 0 Å². The molecule has 1 aliphatic rings. The minimum Gasteiger partial charge on any atom is -0.173 e. The summed E-state index contributed by atoms with van der Waals surface area (Å²) in [6.07, 6.45) is 14.8. The van der Waals surface area contributed by atoms with E-state index in [0.717, 1.165) is 6.54 Å². The molecule has 0 N–H and O–H groups in total. The molecule has 0 saturated carbocycles. The van der Waals surface area contributed by atoms with Gasteiger partial charge >= 0.3 is 0 Å². The van der Waals surface area contributed by atoms with Gasteiger partial charge in [0.25, 0.3) is 6.34 Å². The maximum absolute atomic E-state index is 3.89. The summed E-state index contributed by atoms with van der Waals surface area (Å²) >= 11 is 0. The SMILES string of the molecule is CCCCCCCCN1[C+]=NC=C1. The molecule has 0 aromatic carbocycles. The standard InChI is InChI=1S/C11H19N2/c1-2-3-4-5-6-7-9-13-10-8-12-11-13/h8,10H,2-7,9H2,1H3/q+1. The molecule has 0 aliphatic carbocycles. The highest BCUT2D eigenvalue weighted by Crippen LogP contribution is 2.06. The molecule has 2 heteroatoms. The van der Waals surface area contributed by atoms with E-state index in [0.29, 0.717) is 0 Å². The summed E-state index contributed by atoms with van der Waals surface area (Å²) in [4.78, 5) is 5.92. The third-order valence-electron chi connectivity index (χ3n) is 2.26. The lowest BCUT2D eigenvalue weighted by Gasteiger charge is -2.02. The van der Waals surface area contributed by atoms with Crippen LogP contribution in [0.25, 0.3) is 0 Å². The van der Waals surface area contributed by atoms with Gasteiger partial charge in [0.05, 0.1) is 6.54 Å². The number of rotatable bonds is 7. The Kier molecular flexibility index (Phi) is 5.19. The molecule has 0 radical (unpaired) electrons. The first-order valence-electron chi connectivity index (χ1n) is 5.32. The van der Waals surface area contributed by atoms with Crippen LogP contribution in [0, 0.1) is 0 Å². The zero-order valence-corrected chi connectivity index (χ0v) is 8.50. The normalized spacial score (nSPS) is 13.8. The highest BCUT2D eigenvalue weighted by Gasteiger charge is 2.08. The fourth-order valence-electron chi connectivity index (χ4n) is 1.44. The third-order valence-corrected chi connectivity index (χ3v) is 2.26. The Morgan fingerprint density at radius 3 is 2.62 bits per heavy atom. The van der Waals surface area contributed by atoms with Crippen molar-refractivity contribution in [3.05, 3.63) is 12.4 Å². The predicted molar refractivity (Wildman–Crippen MR) is 56.7 cm³/mol. The van der Waals surface area contributed by atoms with E-state index in [2.05, 4.69) is 18.3 Å². The maximum Gasteiger partial charge on any atom is 0.255 e. The van der Waals surface area contributed by atoms with Gasteiger partial charge < -0.3 is 0 Å². The van der Waals surface area contributed by atoms with Crippen molar-refractivity contribution in [3.63, 3.8) is 0 Å². The second-order valence-corrected chi connectivity index (χ2v) is 3.49. The molecule has 72 valence electrons. The topological polar surface area (TPSA) is 15.6 Å². The second-order valence-electron chi connectivity index (χ2n) is 3.49. The van der Waals surface area contributed by atoms with Crippen molar-refractivity contribution in [1.82, 2.24) is 4.90 Å². The average molecular weight is 179 g/mol. The summed E-state index contributed by atoms with van der Waals surface area (Å²) in [6, 6.07) is 0. The van der Waals surface area contributed by atoms with E-state index in [1.54, 1.807) is 6.20 Å². The van der Waals surface area contributed by atoms with Crippen molar-refractivity contribution in [2.45, 2.75) is 45.4 Å². The Hall–Kier alpha value is -0.880. The number of nitrogens with zero attached hydrogens (tertiary/aromatic N) is 2. The highest BCUT2D eigenvalue weighted by molar-refractivity contribution is 5.59. The van der Waals surface area contributed by atoms with Gasteiger partial charge in [0.2, 0.25) is 6.20 Å². The van der Waals surface area contributed by atoms with Crippen LogP contribution in [0.1, 0.15) is 45.4 Å². The number of aliphatic imine (C=N–C) groups is 1. The van der Waals surface area contributed by atoms with E-state index in [9.17, 15) is 0 Å². The van der Waals surface area contributed by atoms with Gasteiger partial charge in [-0.2, -0.15) is 4.90 Å². The summed E-state index contributed by atoms with van der Waals surface area (Å²) in [5.41, 5.74) is 0. The quantitative estimate of drug-likeness (QED) is 0.433. The first kappa shape index (κ1) is 10.2. The lowest BCUT2D eigenvalue weighted by molar-refractivity contribution is 0.514. The van der Waals surface area contributed by atoms with Crippen LogP contribution in [-0.2, 0) is 0 Å². The largest absolute Gasteiger partial charge is 0.255 e. The third kappa shape index (κ3) is 4.64. The summed E-state index contributed by atoms with van der Waals surface area (Å²) in [6.45, 7) is 3.33. The summed E-state index contributed by atoms with van der Waals surface area (Å²) in [5, 5.41) is 0. The van der Waals surface area contributed by atoms with Crippen LogP contribution >= 0.6 is 0 Å². The molecule has 1 aliphatic heterocycles. The molecule has 1 heterocycles. The van der Waals surface area contributed by atoms with Crippen LogP contribution < -0.4 is 0 Å². The smallest absolute Gasteiger partial charge is 0.173 e. The maximum atomic E-state index is 3.89. The predicted octanol–water partition coefficient (Wildman–Crippen LogP) is 3.04. The van der Waals surface area contributed by atoms with Gasteiger partial charge in [0.1, 0.15) is 0 Å². The Morgan fingerprint density at radius 2 is 1.92 bits per heavy atom. The van der Waals surface area contributed by atoms with Crippen molar-refractivity contribution < 1.29 is 0 Å². The van der Waals surface area contributed by atoms with Crippen LogP contribution in [-0.4, -0.2) is 17.8 Å². The van der Waals surface area contributed by atoms with E-state index >= 15 is 0 Å². The van der Waals surface area contributed by atoms with Gasteiger partial charge in [-0.1, -0.05) is 39.0 Å². The number of hydrogen-bond donors (Lipinski definition) is 0. The molecular formula is C11H19N2+. The molecule has 0 saturated heterocycles. The highest BCUT2D eigenvalue weighted by atomic mass is 15.2. The van der Waals surface area contributed by atoms with Crippen molar-refractivity contribution >= 4 is 6.34 Å².